The zero-order chi connectivity index (χ0) is 22.2. The van der Waals surface area contributed by atoms with E-state index in [4.69, 9.17) is 9.97 Å². The molecule has 0 bridgehead atoms. The molecule has 0 atom stereocenters. The molecule has 0 saturated heterocycles. The molecule has 0 unspecified atom stereocenters. The third-order valence-corrected chi connectivity index (χ3v) is 5.59. The van der Waals surface area contributed by atoms with Gasteiger partial charge in [0, 0.05) is 22.2 Å². The van der Waals surface area contributed by atoms with Gasteiger partial charge in [0.1, 0.15) is 5.82 Å². The average molecular weight is 445 g/mol. The Labute approximate surface area is 193 Å². The second-order valence-electron chi connectivity index (χ2n) is 6.85. The van der Waals surface area contributed by atoms with Crippen molar-refractivity contribution in [3.05, 3.63) is 102 Å². The molecule has 31 heavy (non-hydrogen) atoms. The number of aromatic nitrogens is 2. The molecular formula is C25H24N4S2. The van der Waals surface area contributed by atoms with Crippen molar-refractivity contribution in [1.82, 2.24) is 9.97 Å². The molecule has 4 nitrogen and oxygen atoms in total. The predicted octanol–water partition coefficient (Wildman–Crippen LogP) is 7.15. The number of thiol groups is 1. The maximum Gasteiger partial charge on any atom is 0.194 e. The molecule has 6 heteroatoms. The third kappa shape index (κ3) is 6.40. The molecular weight excluding hydrogens is 420 g/mol. The molecule has 2 N–H and O–H groups in total. The molecule has 0 radical (unpaired) electrons. The summed E-state index contributed by atoms with van der Waals surface area (Å²) in [6.45, 7) is 11.7. The maximum absolute atomic E-state index is 4.77. The van der Waals surface area contributed by atoms with Crippen LogP contribution >= 0.6 is 24.6 Å². The van der Waals surface area contributed by atoms with Crippen molar-refractivity contribution < 1.29 is 0 Å². The summed E-state index contributed by atoms with van der Waals surface area (Å²) in [5.41, 5.74) is 8.46. The highest BCUT2D eigenvalue weighted by atomic mass is 32.2. The van der Waals surface area contributed by atoms with E-state index in [0.717, 1.165) is 38.7 Å². The summed E-state index contributed by atoms with van der Waals surface area (Å²) in [7, 11) is 0. The predicted molar refractivity (Wildman–Crippen MR) is 135 cm³/mol. The molecule has 156 valence electrons. The Morgan fingerprint density at radius 2 is 1.77 bits per heavy atom. The molecule has 0 amide bonds. The highest BCUT2D eigenvalue weighted by Gasteiger charge is 2.10. The maximum atomic E-state index is 4.77. The molecule has 0 aliphatic carbocycles. The van der Waals surface area contributed by atoms with Crippen LogP contribution in [0.25, 0.3) is 11.3 Å². The molecule has 0 fully saturated rings. The van der Waals surface area contributed by atoms with Crippen molar-refractivity contribution >= 4 is 36.1 Å². The number of anilines is 2. The fraction of sp³-hybridized carbons (Fsp3) is 0.0800. The first-order chi connectivity index (χ1) is 15.0. The lowest BCUT2D eigenvalue weighted by Crippen LogP contribution is -2.02. The first-order valence-electron chi connectivity index (χ1n) is 9.62. The quantitative estimate of drug-likeness (QED) is 0.149. The van der Waals surface area contributed by atoms with Crippen molar-refractivity contribution in [1.29, 1.82) is 0 Å². The van der Waals surface area contributed by atoms with E-state index in [2.05, 4.69) is 41.7 Å². The van der Waals surface area contributed by atoms with E-state index in [0.29, 0.717) is 11.0 Å². The Bertz CT molecular complexity index is 1150. The topological polar surface area (TPSA) is 49.8 Å². The van der Waals surface area contributed by atoms with Crippen LogP contribution in [0.2, 0.25) is 0 Å². The Morgan fingerprint density at radius 1 is 1.06 bits per heavy atom. The molecule has 0 saturated carbocycles. The van der Waals surface area contributed by atoms with Crippen molar-refractivity contribution in [3.63, 3.8) is 0 Å². The Morgan fingerprint density at radius 3 is 2.39 bits per heavy atom. The van der Waals surface area contributed by atoms with Gasteiger partial charge in [-0.1, -0.05) is 61.9 Å². The van der Waals surface area contributed by atoms with Gasteiger partial charge in [0.05, 0.1) is 11.4 Å². The first kappa shape index (κ1) is 22.5. The molecule has 0 spiro atoms. The van der Waals surface area contributed by atoms with Crippen molar-refractivity contribution in [2.45, 2.75) is 23.9 Å². The van der Waals surface area contributed by atoms with E-state index in [1.165, 1.54) is 11.8 Å². The van der Waals surface area contributed by atoms with Gasteiger partial charge in [-0.2, -0.15) is 0 Å². The first-order valence-corrected chi connectivity index (χ1v) is 10.9. The number of benzene rings is 2. The molecule has 1 aromatic heterocycles. The van der Waals surface area contributed by atoms with Crippen LogP contribution < -0.4 is 10.0 Å². The van der Waals surface area contributed by atoms with Gasteiger partial charge in [-0.25, -0.2) is 9.97 Å². The lowest BCUT2D eigenvalue weighted by molar-refractivity contribution is 0.975. The minimum atomic E-state index is 0.638. The van der Waals surface area contributed by atoms with Gasteiger partial charge in [-0.3, -0.25) is 0 Å². The normalized spacial score (nSPS) is 10.9. The van der Waals surface area contributed by atoms with E-state index in [9.17, 15) is 0 Å². The van der Waals surface area contributed by atoms with Crippen LogP contribution in [0.15, 0.2) is 113 Å². The molecule has 3 rings (SSSR count). The van der Waals surface area contributed by atoms with E-state index >= 15 is 0 Å². The van der Waals surface area contributed by atoms with Gasteiger partial charge < -0.3 is 10.0 Å². The summed E-state index contributed by atoms with van der Waals surface area (Å²) in [5, 5.41) is 3.95. The summed E-state index contributed by atoms with van der Waals surface area (Å²) < 4.78 is 2.83. The smallest absolute Gasteiger partial charge is 0.194 e. The van der Waals surface area contributed by atoms with Crippen LogP contribution in [0, 0.1) is 0 Å². The number of nitrogens with zero attached hydrogens (tertiary/aromatic N) is 2. The fourth-order valence-electron chi connectivity index (χ4n) is 2.60. The highest BCUT2D eigenvalue weighted by molar-refractivity contribution is 7.99. The number of rotatable bonds is 8. The molecule has 3 aromatic rings. The zero-order valence-corrected chi connectivity index (χ0v) is 19.2. The molecule has 1 heterocycles. The number of hydrogen-bond donors (Lipinski definition) is 3. The van der Waals surface area contributed by atoms with Crippen LogP contribution in [0.5, 0.6) is 0 Å². The van der Waals surface area contributed by atoms with Crippen molar-refractivity contribution in [2.75, 3.05) is 10.0 Å². The van der Waals surface area contributed by atoms with Gasteiger partial charge in [0.15, 0.2) is 5.16 Å². The summed E-state index contributed by atoms with van der Waals surface area (Å²) in [6.07, 6.45) is 1.95. The lowest BCUT2D eigenvalue weighted by atomic mass is 10.1. The van der Waals surface area contributed by atoms with Crippen molar-refractivity contribution in [3.8, 4) is 11.3 Å². The molecule has 0 aliphatic heterocycles. The molecule has 2 aromatic carbocycles. The van der Waals surface area contributed by atoms with Crippen LogP contribution in [0.1, 0.15) is 13.8 Å². The molecule has 0 aliphatic rings. The Kier molecular flexibility index (Phi) is 7.79. The largest absolute Gasteiger partial charge is 0.334 e. The highest BCUT2D eigenvalue weighted by Crippen LogP contribution is 2.30. The number of allylic oxidation sites excluding steroid dienone is 3. The average Bonchev–Trinajstić information content (AvgIpc) is 2.79. The minimum Gasteiger partial charge on any atom is -0.334 e. The van der Waals surface area contributed by atoms with Gasteiger partial charge in [-0.05, 0) is 61.5 Å². The van der Waals surface area contributed by atoms with E-state index in [1.807, 2.05) is 80.6 Å². The van der Waals surface area contributed by atoms with E-state index in [1.54, 1.807) is 0 Å². The lowest BCUT2D eigenvalue weighted by Gasteiger charge is -2.11. The second-order valence-corrected chi connectivity index (χ2v) is 8.11. The third-order valence-electron chi connectivity index (χ3n) is 4.45. The standard InChI is InChI=1S/C25H24N4S2/c1-5-20(15-18(4)17(2)3)26-24-16-23(19-9-7-6-8-10-19)27-25(28-24)31-22-13-11-21(29-30)12-14-22/h6-16,29-30H,1-2H2,3-4H3,(H,26,27,28)/b18-15-. The van der Waals surface area contributed by atoms with E-state index < -0.39 is 0 Å². The van der Waals surface area contributed by atoms with Crippen LogP contribution in [-0.4, -0.2) is 9.97 Å². The Hall–Kier alpha value is -3.18. The Balaban J connectivity index is 1.97. The summed E-state index contributed by atoms with van der Waals surface area (Å²) >= 11 is 5.57. The number of hydrogen-bond acceptors (Lipinski definition) is 6. The SMILES string of the molecule is C=C=C(/C=C(/C)C(=C)C)Nc1cc(-c2ccccc2)nc(Sc2ccc(NS)cc2)n1. The van der Waals surface area contributed by atoms with Gasteiger partial charge >= 0.3 is 0 Å². The van der Waals surface area contributed by atoms with Crippen molar-refractivity contribution in [2.24, 2.45) is 0 Å². The van der Waals surface area contributed by atoms with E-state index in [-0.39, 0.29) is 0 Å². The summed E-state index contributed by atoms with van der Waals surface area (Å²) in [6, 6.07) is 19.9. The zero-order valence-electron chi connectivity index (χ0n) is 17.5. The van der Waals surface area contributed by atoms with Crippen LogP contribution in [0.4, 0.5) is 11.5 Å². The van der Waals surface area contributed by atoms with Crippen LogP contribution in [-0.2, 0) is 0 Å². The minimum absolute atomic E-state index is 0.638. The monoisotopic (exact) mass is 444 g/mol. The van der Waals surface area contributed by atoms with Gasteiger partial charge in [-0.15, -0.1) is 5.73 Å². The summed E-state index contributed by atoms with van der Waals surface area (Å²) in [5.74, 6) is 0.668. The second kappa shape index (κ2) is 10.7. The van der Waals surface area contributed by atoms with Crippen LogP contribution in [0.3, 0.4) is 0 Å². The fourth-order valence-corrected chi connectivity index (χ4v) is 3.52. The number of nitrogens with one attached hydrogen (secondary N) is 2. The summed E-state index contributed by atoms with van der Waals surface area (Å²) in [4.78, 5) is 10.5. The van der Waals surface area contributed by atoms with Gasteiger partial charge in [0.2, 0.25) is 0 Å². The van der Waals surface area contributed by atoms with Gasteiger partial charge in [0.25, 0.3) is 0 Å².